The molecule has 0 radical (unpaired) electrons. The predicted octanol–water partition coefficient (Wildman–Crippen LogP) is 1.75. The highest BCUT2D eigenvalue weighted by atomic mass is 35.5. The van der Waals surface area contributed by atoms with E-state index < -0.39 is 11.9 Å². The molecule has 0 fully saturated rings. The molecule has 0 aromatic carbocycles. The monoisotopic (exact) mass is 188 g/mol. The summed E-state index contributed by atoms with van der Waals surface area (Å²) in [5.41, 5.74) is 0.323. The summed E-state index contributed by atoms with van der Waals surface area (Å²) >= 11 is 5.54. The van der Waals surface area contributed by atoms with E-state index in [9.17, 15) is 9.59 Å². The highest BCUT2D eigenvalue weighted by Gasteiger charge is 2.30. The van der Waals surface area contributed by atoms with Crippen LogP contribution in [-0.4, -0.2) is 11.9 Å². The van der Waals surface area contributed by atoms with Gasteiger partial charge in [-0.25, -0.2) is 9.59 Å². The third-order valence-electron chi connectivity index (χ3n) is 1.66. The van der Waals surface area contributed by atoms with Crippen molar-refractivity contribution >= 4 is 23.5 Å². The lowest BCUT2D eigenvalue weighted by Crippen LogP contribution is -2.01. The highest BCUT2D eigenvalue weighted by molar-refractivity contribution is 6.45. The molecule has 0 atom stereocenters. The number of hydrogen-bond donors (Lipinski definition) is 0. The fourth-order valence-electron chi connectivity index (χ4n) is 0.969. The van der Waals surface area contributed by atoms with Gasteiger partial charge >= 0.3 is 11.9 Å². The van der Waals surface area contributed by atoms with E-state index in [4.69, 9.17) is 11.6 Å². The first kappa shape index (κ1) is 9.26. The lowest BCUT2D eigenvalue weighted by atomic mass is 10.1. The van der Waals surface area contributed by atoms with Gasteiger partial charge in [-0.3, -0.25) is 0 Å². The molecule has 1 rings (SSSR count). The molecule has 12 heavy (non-hydrogen) atoms. The summed E-state index contributed by atoms with van der Waals surface area (Å²) in [4.78, 5) is 21.6. The zero-order valence-electron chi connectivity index (χ0n) is 6.72. The Kier molecular flexibility index (Phi) is 2.87. The summed E-state index contributed by atoms with van der Waals surface area (Å²) in [5.74, 6) is -1.30. The van der Waals surface area contributed by atoms with Crippen molar-refractivity contribution in [1.82, 2.24) is 0 Å². The molecular weight excluding hydrogens is 180 g/mol. The zero-order valence-corrected chi connectivity index (χ0v) is 7.48. The minimum atomic E-state index is -0.715. The summed E-state index contributed by atoms with van der Waals surface area (Å²) < 4.78 is 4.30. The van der Waals surface area contributed by atoms with Crippen LogP contribution in [0.3, 0.4) is 0 Å². The third-order valence-corrected chi connectivity index (χ3v) is 2.04. The van der Waals surface area contributed by atoms with Gasteiger partial charge in [0.1, 0.15) is 5.03 Å². The van der Waals surface area contributed by atoms with Crippen LogP contribution in [0.2, 0.25) is 0 Å². The Bertz CT molecular complexity index is 255. The Morgan fingerprint density at radius 1 is 1.33 bits per heavy atom. The number of carbonyl (C=O) groups excluding carboxylic acids is 2. The van der Waals surface area contributed by atoms with Crippen molar-refractivity contribution in [2.24, 2.45) is 0 Å². The first-order valence-corrected chi connectivity index (χ1v) is 4.19. The molecule has 0 spiro atoms. The second kappa shape index (κ2) is 3.72. The molecule has 4 heteroatoms. The summed E-state index contributed by atoms with van der Waals surface area (Å²) in [6, 6.07) is 0. The van der Waals surface area contributed by atoms with Gasteiger partial charge in [0, 0.05) is 0 Å². The second-order valence-corrected chi connectivity index (χ2v) is 2.95. The van der Waals surface area contributed by atoms with Crippen LogP contribution in [0.1, 0.15) is 26.2 Å². The molecule has 1 aliphatic rings. The van der Waals surface area contributed by atoms with Gasteiger partial charge in [-0.05, 0) is 12.8 Å². The highest BCUT2D eigenvalue weighted by Crippen LogP contribution is 2.24. The molecule has 1 aliphatic heterocycles. The van der Waals surface area contributed by atoms with Gasteiger partial charge in [0.05, 0.1) is 5.57 Å². The van der Waals surface area contributed by atoms with E-state index in [0.29, 0.717) is 12.0 Å². The van der Waals surface area contributed by atoms with Crippen molar-refractivity contribution in [1.29, 1.82) is 0 Å². The molecule has 0 aromatic rings. The lowest BCUT2D eigenvalue weighted by molar-refractivity contribution is -0.150. The summed E-state index contributed by atoms with van der Waals surface area (Å²) in [7, 11) is 0. The van der Waals surface area contributed by atoms with Crippen LogP contribution in [-0.2, 0) is 14.3 Å². The molecule has 0 aliphatic carbocycles. The molecule has 66 valence electrons. The minimum absolute atomic E-state index is 0.0477. The number of unbranched alkanes of at least 4 members (excludes halogenated alkanes) is 1. The molecule has 3 nitrogen and oxygen atoms in total. The van der Waals surface area contributed by atoms with Gasteiger partial charge in [-0.1, -0.05) is 24.9 Å². The number of carbonyl (C=O) groups is 2. The number of cyclic esters (lactones) is 2. The summed E-state index contributed by atoms with van der Waals surface area (Å²) in [6.07, 6.45) is 2.32. The molecule has 0 amide bonds. The number of esters is 2. The lowest BCUT2D eigenvalue weighted by Gasteiger charge is -1.94. The summed E-state index contributed by atoms with van der Waals surface area (Å²) in [6.45, 7) is 2.00. The molecule has 0 saturated heterocycles. The van der Waals surface area contributed by atoms with Gasteiger partial charge in [0.2, 0.25) is 0 Å². The smallest absolute Gasteiger partial charge is 0.358 e. The van der Waals surface area contributed by atoms with Crippen molar-refractivity contribution in [2.75, 3.05) is 0 Å². The molecule has 0 bridgehead atoms. The molecular formula is C8H9ClO3. The Morgan fingerprint density at radius 2 is 2.00 bits per heavy atom. The minimum Gasteiger partial charge on any atom is -0.385 e. The van der Waals surface area contributed by atoms with E-state index in [2.05, 4.69) is 4.74 Å². The van der Waals surface area contributed by atoms with Crippen molar-refractivity contribution in [3.8, 4) is 0 Å². The average molecular weight is 189 g/mol. The fourth-order valence-corrected chi connectivity index (χ4v) is 1.18. The van der Waals surface area contributed by atoms with Crippen LogP contribution in [0.15, 0.2) is 10.6 Å². The second-order valence-electron chi connectivity index (χ2n) is 2.57. The van der Waals surface area contributed by atoms with Crippen LogP contribution in [0, 0.1) is 0 Å². The molecule has 0 saturated carbocycles. The number of rotatable bonds is 3. The molecule has 0 unspecified atom stereocenters. The van der Waals surface area contributed by atoms with Crippen LogP contribution < -0.4 is 0 Å². The average Bonchev–Trinajstić information content (AvgIpc) is 2.25. The van der Waals surface area contributed by atoms with E-state index in [1.54, 1.807) is 0 Å². The van der Waals surface area contributed by atoms with Gasteiger partial charge in [-0.2, -0.15) is 0 Å². The van der Waals surface area contributed by atoms with E-state index in [0.717, 1.165) is 12.8 Å². The number of halogens is 1. The first-order valence-electron chi connectivity index (χ1n) is 3.82. The standard InChI is InChI=1S/C8H9ClO3/c1-2-3-4-5-6(9)8(11)12-7(5)10/h2-4H2,1H3. The fraction of sp³-hybridized carbons (Fsp3) is 0.500. The normalized spacial score (nSPS) is 17.2. The largest absolute Gasteiger partial charge is 0.385 e. The van der Waals surface area contributed by atoms with Gasteiger partial charge in [-0.15, -0.1) is 0 Å². The van der Waals surface area contributed by atoms with Crippen LogP contribution in [0.5, 0.6) is 0 Å². The summed E-state index contributed by atoms with van der Waals surface area (Å²) in [5, 5.41) is -0.0477. The van der Waals surface area contributed by atoms with Crippen LogP contribution in [0.25, 0.3) is 0 Å². The van der Waals surface area contributed by atoms with Gasteiger partial charge in [0.15, 0.2) is 0 Å². The Labute approximate surface area is 75.3 Å². The SMILES string of the molecule is CCCCC1=C(Cl)C(=O)OC1=O. The molecule has 0 aromatic heterocycles. The Morgan fingerprint density at radius 3 is 2.42 bits per heavy atom. The topological polar surface area (TPSA) is 43.4 Å². The zero-order chi connectivity index (χ0) is 9.14. The van der Waals surface area contributed by atoms with Crippen LogP contribution >= 0.6 is 11.6 Å². The van der Waals surface area contributed by atoms with Crippen molar-refractivity contribution < 1.29 is 14.3 Å². The van der Waals surface area contributed by atoms with E-state index in [1.807, 2.05) is 6.92 Å². The number of hydrogen-bond acceptors (Lipinski definition) is 3. The maximum Gasteiger partial charge on any atom is 0.358 e. The van der Waals surface area contributed by atoms with Crippen molar-refractivity contribution in [3.63, 3.8) is 0 Å². The van der Waals surface area contributed by atoms with Crippen molar-refractivity contribution in [2.45, 2.75) is 26.2 Å². The van der Waals surface area contributed by atoms with E-state index in [-0.39, 0.29) is 5.03 Å². The Hall–Kier alpha value is -0.830. The van der Waals surface area contributed by atoms with Gasteiger partial charge < -0.3 is 4.74 Å². The molecule has 1 heterocycles. The maximum atomic E-state index is 10.9. The predicted molar refractivity (Wildman–Crippen MR) is 43.5 cm³/mol. The maximum absolute atomic E-state index is 10.9. The van der Waals surface area contributed by atoms with Crippen molar-refractivity contribution in [3.05, 3.63) is 10.6 Å². The third kappa shape index (κ3) is 1.67. The van der Waals surface area contributed by atoms with E-state index in [1.165, 1.54) is 0 Å². The molecule has 0 N–H and O–H groups in total. The quantitative estimate of drug-likeness (QED) is 0.501. The first-order chi connectivity index (χ1) is 5.66. The van der Waals surface area contributed by atoms with Crippen LogP contribution in [0.4, 0.5) is 0 Å². The van der Waals surface area contributed by atoms with E-state index >= 15 is 0 Å². The van der Waals surface area contributed by atoms with Gasteiger partial charge in [0.25, 0.3) is 0 Å². The Balaban J connectivity index is 2.71. The number of ether oxygens (including phenoxy) is 1.